The third kappa shape index (κ3) is 2.05. The molecule has 2 unspecified atom stereocenters. The van der Waals surface area contributed by atoms with Crippen LogP contribution in [0.15, 0.2) is 0 Å². The molecule has 0 aromatic carbocycles. The number of carbonyl (C=O) groups excluding carboxylic acids is 1. The van der Waals surface area contributed by atoms with E-state index in [1.165, 1.54) is 12.8 Å². The highest BCUT2D eigenvalue weighted by molar-refractivity contribution is 5.88. The van der Waals surface area contributed by atoms with Crippen molar-refractivity contribution in [3.8, 4) is 0 Å². The Balaban J connectivity index is 1.93. The number of amides is 1. The molecule has 3 N–H and O–H groups in total. The minimum absolute atomic E-state index is 0.0171. The van der Waals surface area contributed by atoms with Gasteiger partial charge in [0.25, 0.3) is 0 Å². The van der Waals surface area contributed by atoms with Crippen LogP contribution >= 0.6 is 0 Å². The van der Waals surface area contributed by atoms with Gasteiger partial charge in [0.05, 0.1) is 6.10 Å². The van der Waals surface area contributed by atoms with Crippen molar-refractivity contribution in [2.24, 2.45) is 16.6 Å². The molecule has 104 valence electrons. The Kier molecular flexibility index (Phi) is 3.23. The largest absolute Gasteiger partial charge is 0.378 e. The Morgan fingerprint density at radius 2 is 2.00 bits per heavy atom. The summed E-state index contributed by atoms with van der Waals surface area (Å²) in [6.07, 6.45) is 3.12. The molecule has 1 amide bonds. The molecule has 18 heavy (non-hydrogen) atoms. The third-order valence-electron chi connectivity index (χ3n) is 5.01. The quantitative estimate of drug-likeness (QED) is 0.780. The summed E-state index contributed by atoms with van der Waals surface area (Å²) in [7, 11) is 0. The highest BCUT2D eigenvalue weighted by Crippen LogP contribution is 2.50. The van der Waals surface area contributed by atoms with Crippen LogP contribution in [0.25, 0.3) is 0 Å². The van der Waals surface area contributed by atoms with E-state index in [-0.39, 0.29) is 17.4 Å². The van der Waals surface area contributed by atoms with Crippen molar-refractivity contribution in [3.63, 3.8) is 0 Å². The van der Waals surface area contributed by atoms with E-state index in [0.29, 0.717) is 18.4 Å². The zero-order valence-corrected chi connectivity index (χ0v) is 12.0. The molecule has 2 fully saturated rings. The molecule has 0 bridgehead atoms. The Morgan fingerprint density at radius 1 is 1.39 bits per heavy atom. The molecular weight excluding hydrogens is 228 g/mol. The number of hydrogen-bond donors (Lipinski definition) is 2. The first-order valence-corrected chi connectivity index (χ1v) is 6.94. The first-order chi connectivity index (χ1) is 8.25. The SMILES string of the molecule is CCOC1CC(N)(C(=O)NCC2(C)CC2)C1(C)C. The molecule has 0 saturated heterocycles. The normalized spacial score (nSPS) is 35.7. The van der Waals surface area contributed by atoms with E-state index >= 15 is 0 Å². The van der Waals surface area contributed by atoms with Gasteiger partial charge in [-0.05, 0) is 25.2 Å². The van der Waals surface area contributed by atoms with Gasteiger partial charge in [-0.1, -0.05) is 20.8 Å². The molecule has 2 aliphatic rings. The lowest BCUT2D eigenvalue weighted by molar-refractivity contribution is -0.170. The molecule has 4 nitrogen and oxygen atoms in total. The van der Waals surface area contributed by atoms with Gasteiger partial charge in [-0.15, -0.1) is 0 Å². The van der Waals surface area contributed by atoms with E-state index in [1.807, 2.05) is 20.8 Å². The molecule has 2 rings (SSSR count). The summed E-state index contributed by atoms with van der Waals surface area (Å²) in [6.45, 7) is 9.64. The van der Waals surface area contributed by atoms with Crippen LogP contribution in [0.2, 0.25) is 0 Å². The maximum atomic E-state index is 12.3. The molecule has 0 radical (unpaired) electrons. The fourth-order valence-electron chi connectivity index (χ4n) is 2.66. The summed E-state index contributed by atoms with van der Waals surface area (Å²) in [5.74, 6) is -0.0171. The molecule has 0 aliphatic heterocycles. The van der Waals surface area contributed by atoms with Gasteiger partial charge in [-0.25, -0.2) is 0 Å². The van der Waals surface area contributed by atoms with Gasteiger partial charge >= 0.3 is 0 Å². The number of nitrogens with one attached hydrogen (secondary N) is 1. The molecule has 2 aliphatic carbocycles. The lowest BCUT2D eigenvalue weighted by atomic mass is 9.54. The van der Waals surface area contributed by atoms with Crippen LogP contribution in [0, 0.1) is 10.8 Å². The number of carbonyl (C=O) groups is 1. The Hall–Kier alpha value is -0.610. The highest BCUT2D eigenvalue weighted by atomic mass is 16.5. The van der Waals surface area contributed by atoms with Crippen LogP contribution in [-0.2, 0) is 9.53 Å². The van der Waals surface area contributed by atoms with Gasteiger partial charge in [0.1, 0.15) is 5.54 Å². The number of rotatable bonds is 5. The zero-order chi connectivity index (χ0) is 13.6. The number of nitrogens with two attached hydrogens (primary N) is 1. The van der Waals surface area contributed by atoms with Gasteiger partial charge in [-0.3, -0.25) is 4.79 Å². The summed E-state index contributed by atoms with van der Waals surface area (Å²) in [5, 5.41) is 3.03. The van der Waals surface area contributed by atoms with E-state index in [4.69, 9.17) is 10.5 Å². The van der Waals surface area contributed by atoms with Crippen molar-refractivity contribution in [1.29, 1.82) is 0 Å². The molecule has 2 atom stereocenters. The Bertz CT molecular complexity index is 350. The summed E-state index contributed by atoms with van der Waals surface area (Å²) >= 11 is 0. The second-order valence-electron chi connectivity index (χ2n) is 6.83. The minimum Gasteiger partial charge on any atom is -0.378 e. The topological polar surface area (TPSA) is 64.3 Å². The van der Waals surface area contributed by atoms with Crippen LogP contribution in [0.5, 0.6) is 0 Å². The summed E-state index contributed by atoms with van der Waals surface area (Å²) < 4.78 is 5.64. The van der Waals surface area contributed by atoms with Crippen LogP contribution < -0.4 is 11.1 Å². The second-order valence-corrected chi connectivity index (χ2v) is 6.83. The van der Waals surface area contributed by atoms with Gasteiger partial charge in [0.15, 0.2) is 0 Å². The van der Waals surface area contributed by atoms with Crippen molar-refractivity contribution in [2.75, 3.05) is 13.2 Å². The molecular formula is C14H26N2O2. The van der Waals surface area contributed by atoms with Gasteiger partial charge in [0, 0.05) is 25.0 Å². The first kappa shape index (κ1) is 13.8. The second kappa shape index (κ2) is 4.20. The third-order valence-corrected chi connectivity index (χ3v) is 5.01. The first-order valence-electron chi connectivity index (χ1n) is 6.94. The number of ether oxygens (including phenoxy) is 1. The van der Waals surface area contributed by atoms with Crippen molar-refractivity contribution < 1.29 is 9.53 Å². The zero-order valence-electron chi connectivity index (χ0n) is 12.0. The van der Waals surface area contributed by atoms with Gasteiger partial charge in [-0.2, -0.15) is 0 Å². The molecule has 2 saturated carbocycles. The summed E-state index contributed by atoms with van der Waals surface area (Å²) in [4.78, 5) is 12.3. The average Bonchev–Trinajstić information content (AvgIpc) is 3.04. The molecule has 0 spiro atoms. The van der Waals surface area contributed by atoms with E-state index in [1.54, 1.807) is 0 Å². The average molecular weight is 254 g/mol. The van der Waals surface area contributed by atoms with Crippen molar-refractivity contribution >= 4 is 5.91 Å². The monoisotopic (exact) mass is 254 g/mol. The van der Waals surface area contributed by atoms with Gasteiger partial charge in [0.2, 0.25) is 5.91 Å². The van der Waals surface area contributed by atoms with Crippen LogP contribution in [0.3, 0.4) is 0 Å². The van der Waals surface area contributed by atoms with E-state index in [2.05, 4.69) is 12.2 Å². The van der Waals surface area contributed by atoms with Crippen LogP contribution in [0.1, 0.15) is 47.0 Å². The van der Waals surface area contributed by atoms with Crippen LogP contribution in [0.4, 0.5) is 0 Å². The Morgan fingerprint density at radius 3 is 2.44 bits per heavy atom. The summed E-state index contributed by atoms with van der Waals surface area (Å²) in [6, 6.07) is 0. The smallest absolute Gasteiger partial charge is 0.240 e. The highest BCUT2D eigenvalue weighted by Gasteiger charge is 2.63. The molecule has 4 heteroatoms. The summed E-state index contributed by atoms with van der Waals surface area (Å²) in [5.41, 5.74) is 5.55. The predicted octanol–water partition coefficient (Wildman–Crippen LogP) is 1.44. The Labute approximate surface area is 110 Å². The number of hydrogen-bond acceptors (Lipinski definition) is 3. The maximum absolute atomic E-state index is 12.3. The fraction of sp³-hybridized carbons (Fsp3) is 0.929. The van der Waals surface area contributed by atoms with Crippen LogP contribution in [-0.4, -0.2) is 30.7 Å². The van der Waals surface area contributed by atoms with E-state index < -0.39 is 5.54 Å². The van der Waals surface area contributed by atoms with Crippen molar-refractivity contribution in [2.45, 2.75) is 58.6 Å². The molecule has 0 heterocycles. The van der Waals surface area contributed by atoms with E-state index in [9.17, 15) is 4.79 Å². The van der Waals surface area contributed by atoms with E-state index in [0.717, 1.165) is 6.54 Å². The van der Waals surface area contributed by atoms with Crippen molar-refractivity contribution in [1.82, 2.24) is 5.32 Å². The lowest BCUT2D eigenvalue weighted by Gasteiger charge is -2.57. The predicted molar refractivity (Wildman–Crippen MR) is 71.1 cm³/mol. The molecule has 0 aromatic rings. The van der Waals surface area contributed by atoms with Crippen molar-refractivity contribution in [3.05, 3.63) is 0 Å². The minimum atomic E-state index is -0.780. The lowest BCUT2D eigenvalue weighted by Crippen LogP contribution is -2.75. The molecule has 0 aromatic heterocycles. The van der Waals surface area contributed by atoms with Gasteiger partial charge < -0.3 is 15.8 Å². The fourth-order valence-corrected chi connectivity index (χ4v) is 2.66. The standard InChI is InChI=1S/C14H26N2O2/c1-5-18-10-8-14(15,12(10,2)3)11(17)16-9-13(4)6-7-13/h10H,5-9,15H2,1-4H3,(H,16,17). The maximum Gasteiger partial charge on any atom is 0.240 e.